The Morgan fingerprint density at radius 2 is 1.80 bits per heavy atom. The predicted molar refractivity (Wildman–Crippen MR) is 134 cm³/mol. The van der Waals surface area contributed by atoms with E-state index in [2.05, 4.69) is 64.6 Å². The molecule has 1 saturated heterocycles. The molecule has 3 amide bonds. The van der Waals surface area contributed by atoms with Crippen molar-refractivity contribution in [1.82, 2.24) is 24.7 Å². The lowest BCUT2D eigenvalue weighted by Crippen LogP contribution is -2.55. The molecule has 1 aliphatic carbocycles. The number of nitrogens with zero attached hydrogens (tertiary/aromatic N) is 5. The fourth-order valence-electron chi connectivity index (χ4n) is 5.74. The number of aromatic nitrogens is 2. The maximum absolute atomic E-state index is 13.5. The van der Waals surface area contributed by atoms with Crippen molar-refractivity contribution in [2.24, 2.45) is 0 Å². The average molecular weight is 481 g/mol. The second-order valence-corrected chi connectivity index (χ2v) is 9.83. The van der Waals surface area contributed by atoms with Crippen molar-refractivity contribution in [3.63, 3.8) is 0 Å². The highest BCUT2D eigenvalue weighted by Gasteiger charge is 2.54. The second-order valence-electron chi connectivity index (χ2n) is 9.83. The smallest absolute Gasteiger partial charge is 0.321 e. The molecule has 1 aromatic heterocycles. The number of hydrogen-bond acceptors (Lipinski definition) is 6. The van der Waals surface area contributed by atoms with Crippen LogP contribution in [0.4, 0.5) is 10.5 Å². The number of carbonyl (C=O) groups excluding carboxylic acids is 2. The molecule has 0 bridgehead atoms. The van der Waals surface area contributed by atoms with E-state index in [9.17, 15) is 9.59 Å². The van der Waals surface area contributed by atoms with Gasteiger partial charge in [0.15, 0.2) is 0 Å². The Labute approximate surface area is 207 Å². The van der Waals surface area contributed by atoms with Crippen LogP contribution in [0.3, 0.4) is 0 Å². The SMILES string of the molecule is COCCCN1C(=O)N(CC(=O)Nc2cncnc2)C[C@]12CC[C@](c1ccccc1)(N(C)C)CC2. The molecular weight excluding hydrogens is 444 g/mol. The van der Waals surface area contributed by atoms with Crippen molar-refractivity contribution in [2.45, 2.75) is 43.2 Å². The Kier molecular flexibility index (Phi) is 7.66. The molecule has 35 heavy (non-hydrogen) atoms. The lowest BCUT2D eigenvalue weighted by atomic mass is 9.68. The first-order valence-corrected chi connectivity index (χ1v) is 12.2. The van der Waals surface area contributed by atoms with Crippen molar-refractivity contribution in [2.75, 3.05) is 52.8 Å². The maximum atomic E-state index is 13.5. The van der Waals surface area contributed by atoms with E-state index in [0.717, 1.165) is 32.1 Å². The van der Waals surface area contributed by atoms with Gasteiger partial charge in [0.2, 0.25) is 5.91 Å². The minimum atomic E-state index is -0.282. The Bertz CT molecular complexity index is 993. The van der Waals surface area contributed by atoms with Gasteiger partial charge in [0, 0.05) is 32.3 Å². The molecule has 4 rings (SSSR count). The maximum Gasteiger partial charge on any atom is 0.321 e. The zero-order valence-electron chi connectivity index (χ0n) is 20.9. The minimum Gasteiger partial charge on any atom is -0.385 e. The number of hydrogen-bond donors (Lipinski definition) is 1. The molecule has 0 radical (unpaired) electrons. The van der Waals surface area contributed by atoms with Gasteiger partial charge in [0.25, 0.3) is 0 Å². The third-order valence-electron chi connectivity index (χ3n) is 7.64. The highest BCUT2D eigenvalue weighted by atomic mass is 16.5. The second kappa shape index (κ2) is 10.7. The molecule has 0 unspecified atom stereocenters. The molecule has 2 fully saturated rings. The molecule has 1 saturated carbocycles. The topological polar surface area (TPSA) is 90.9 Å². The Morgan fingerprint density at radius 1 is 1.11 bits per heavy atom. The van der Waals surface area contributed by atoms with Gasteiger partial charge in [-0.3, -0.25) is 9.69 Å². The summed E-state index contributed by atoms with van der Waals surface area (Å²) in [4.78, 5) is 40.1. The molecule has 2 heterocycles. The number of nitrogens with one attached hydrogen (secondary N) is 1. The van der Waals surface area contributed by atoms with Crippen LogP contribution in [0.2, 0.25) is 0 Å². The molecule has 2 aliphatic rings. The van der Waals surface area contributed by atoms with Crippen LogP contribution >= 0.6 is 0 Å². The van der Waals surface area contributed by atoms with E-state index in [1.807, 2.05) is 4.90 Å². The van der Waals surface area contributed by atoms with Gasteiger partial charge in [0.05, 0.1) is 23.6 Å². The normalized spacial score (nSPS) is 24.4. The fraction of sp³-hybridized carbons (Fsp3) is 0.538. The van der Waals surface area contributed by atoms with Gasteiger partial charge in [-0.15, -0.1) is 0 Å². The van der Waals surface area contributed by atoms with Crippen molar-refractivity contribution < 1.29 is 14.3 Å². The first-order chi connectivity index (χ1) is 16.9. The quantitative estimate of drug-likeness (QED) is 0.555. The number of carbonyl (C=O) groups is 2. The van der Waals surface area contributed by atoms with Crippen LogP contribution in [-0.4, -0.2) is 89.6 Å². The summed E-state index contributed by atoms with van der Waals surface area (Å²) in [5.74, 6) is -0.246. The lowest BCUT2D eigenvalue weighted by Gasteiger charge is -2.51. The molecule has 9 nitrogen and oxygen atoms in total. The summed E-state index contributed by atoms with van der Waals surface area (Å²) >= 11 is 0. The number of rotatable bonds is 9. The van der Waals surface area contributed by atoms with E-state index < -0.39 is 0 Å². The van der Waals surface area contributed by atoms with Crippen molar-refractivity contribution >= 4 is 17.6 Å². The van der Waals surface area contributed by atoms with Crippen molar-refractivity contribution in [1.29, 1.82) is 0 Å². The lowest BCUT2D eigenvalue weighted by molar-refractivity contribution is -0.116. The average Bonchev–Trinajstić information content (AvgIpc) is 3.11. The summed E-state index contributed by atoms with van der Waals surface area (Å²) in [5.41, 5.74) is 1.49. The van der Waals surface area contributed by atoms with Crippen LogP contribution < -0.4 is 5.32 Å². The van der Waals surface area contributed by atoms with E-state index in [-0.39, 0.29) is 29.6 Å². The zero-order valence-corrected chi connectivity index (χ0v) is 20.9. The van der Waals surface area contributed by atoms with Crippen LogP contribution in [0.5, 0.6) is 0 Å². The van der Waals surface area contributed by atoms with Crippen LogP contribution in [0, 0.1) is 0 Å². The molecule has 1 N–H and O–H groups in total. The van der Waals surface area contributed by atoms with E-state index in [0.29, 0.717) is 25.4 Å². The standard InChI is InChI=1S/C26H36N6O3/c1-30(2)26(21-8-5-4-6-9-21)12-10-25(11-13-26)19-31(24(34)32(25)14-7-15-35-3)18-23(33)29-22-16-27-20-28-17-22/h4-6,8-9,16-17,20H,7,10-15,18-19H2,1-3H3,(H,29,33)/t25-,26+. The molecule has 1 aliphatic heterocycles. The molecule has 188 valence electrons. The van der Waals surface area contributed by atoms with E-state index in [4.69, 9.17) is 4.74 Å². The Morgan fingerprint density at radius 3 is 2.43 bits per heavy atom. The van der Waals surface area contributed by atoms with Gasteiger partial charge in [-0.25, -0.2) is 14.8 Å². The van der Waals surface area contributed by atoms with Gasteiger partial charge in [-0.05, 0) is 51.8 Å². The fourth-order valence-corrected chi connectivity index (χ4v) is 5.74. The first kappa shape index (κ1) is 25.1. The van der Waals surface area contributed by atoms with E-state index in [1.54, 1.807) is 24.4 Å². The summed E-state index contributed by atoms with van der Waals surface area (Å²) in [6.45, 7) is 1.78. The number of urea groups is 1. The monoisotopic (exact) mass is 480 g/mol. The number of ether oxygens (including phenoxy) is 1. The van der Waals surface area contributed by atoms with Crippen LogP contribution in [0.25, 0.3) is 0 Å². The molecule has 2 aromatic rings. The number of anilines is 1. The zero-order chi connectivity index (χ0) is 24.9. The number of methoxy groups -OCH3 is 1. The summed E-state index contributed by atoms with van der Waals surface area (Å²) in [5, 5.41) is 2.79. The largest absolute Gasteiger partial charge is 0.385 e. The van der Waals surface area contributed by atoms with Crippen LogP contribution in [-0.2, 0) is 15.1 Å². The molecule has 1 aromatic carbocycles. The van der Waals surface area contributed by atoms with Crippen molar-refractivity contribution in [3.8, 4) is 0 Å². The van der Waals surface area contributed by atoms with Gasteiger partial charge in [-0.1, -0.05) is 30.3 Å². The molecular formula is C26H36N6O3. The van der Waals surface area contributed by atoms with Crippen LogP contribution in [0.1, 0.15) is 37.7 Å². The Hall–Kier alpha value is -3.04. The van der Waals surface area contributed by atoms with Gasteiger partial charge in [0.1, 0.15) is 12.9 Å². The predicted octanol–water partition coefficient (Wildman–Crippen LogP) is 2.96. The third kappa shape index (κ3) is 5.16. The van der Waals surface area contributed by atoms with E-state index in [1.165, 1.54) is 11.9 Å². The number of benzene rings is 1. The summed E-state index contributed by atoms with van der Waals surface area (Å²) < 4.78 is 5.26. The highest BCUT2D eigenvalue weighted by Crippen LogP contribution is 2.48. The highest BCUT2D eigenvalue weighted by molar-refractivity contribution is 5.94. The summed E-state index contributed by atoms with van der Waals surface area (Å²) in [7, 11) is 5.97. The first-order valence-electron chi connectivity index (χ1n) is 12.2. The molecule has 1 spiro atoms. The molecule has 0 atom stereocenters. The molecule has 9 heteroatoms. The van der Waals surface area contributed by atoms with Gasteiger partial charge in [-0.2, -0.15) is 0 Å². The Balaban J connectivity index is 1.52. The third-order valence-corrected chi connectivity index (χ3v) is 7.64. The van der Waals surface area contributed by atoms with Crippen molar-refractivity contribution in [3.05, 3.63) is 54.6 Å². The van der Waals surface area contributed by atoms with E-state index >= 15 is 0 Å². The van der Waals surface area contributed by atoms with Gasteiger partial charge >= 0.3 is 6.03 Å². The van der Waals surface area contributed by atoms with Crippen LogP contribution in [0.15, 0.2) is 49.1 Å². The minimum absolute atomic E-state index is 0.00770. The number of amides is 3. The summed E-state index contributed by atoms with van der Waals surface area (Å²) in [6, 6.07) is 10.6. The summed E-state index contributed by atoms with van der Waals surface area (Å²) in [6.07, 6.45) is 8.91. The van der Waals surface area contributed by atoms with Gasteiger partial charge < -0.3 is 19.9 Å².